The topological polar surface area (TPSA) is 102 Å². The molecule has 0 saturated heterocycles. The number of nitrogens with zero attached hydrogens (tertiary/aromatic N) is 1. The van der Waals surface area contributed by atoms with Gasteiger partial charge in [0, 0.05) is 11.7 Å². The lowest BCUT2D eigenvalue weighted by atomic mass is 10.0. The maximum atomic E-state index is 11.8. The van der Waals surface area contributed by atoms with Crippen molar-refractivity contribution < 1.29 is 14.7 Å². The van der Waals surface area contributed by atoms with Gasteiger partial charge in [-0.1, -0.05) is 13.8 Å². The second kappa shape index (κ2) is 7.53. The van der Waals surface area contributed by atoms with E-state index >= 15 is 0 Å². The van der Waals surface area contributed by atoms with Crippen LogP contribution in [0, 0.1) is 17.2 Å². The molecule has 0 aliphatic heterocycles. The zero-order valence-electron chi connectivity index (χ0n) is 12.7. The molecule has 20 heavy (non-hydrogen) atoms. The minimum atomic E-state index is -1.01. The fraction of sp³-hybridized carbons (Fsp3) is 0.643. The second-order valence-corrected chi connectivity index (χ2v) is 6.06. The number of nitriles is 1. The van der Waals surface area contributed by atoms with Crippen LogP contribution in [0.15, 0.2) is 11.8 Å². The van der Waals surface area contributed by atoms with Gasteiger partial charge in [-0.25, -0.2) is 4.79 Å². The zero-order valence-corrected chi connectivity index (χ0v) is 12.7. The first-order valence-corrected chi connectivity index (χ1v) is 6.48. The van der Waals surface area contributed by atoms with Gasteiger partial charge in [-0.15, -0.1) is 0 Å². The number of hydrogen-bond acceptors (Lipinski definition) is 4. The van der Waals surface area contributed by atoms with Crippen LogP contribution in [0.3, 0.4) is 0 Å². The SMILES string of the molecule is CC(C)CC(N/C=C(/C#N)C(=O)NC(C)(C)C)C(=O)O. The van der Waals surface area contributed by atoms with Gasteiger partial charge in [-0.2, -0.15) is 5.26 Å². The summed E-state index contributed by atoms with van der Waals surface area (Å²) in [6.07, 6.45) is 1.58. The van der Waals surface area contributed by atoms with E-state index in [9.17, 15) is 9.59 Å². The van der Waals surface area contributed by atoms with Crippen LogP contribution >= 0.6 is 0 Å². The number of carboxylic acid groups (broad SMARTS) is 1. The third-order valence-corrected chi connectivity index (χ3v) is 2.29. The van der Waals surface area contributed by atoms with Gasteiger partial charge in [0.05, 0.1) is 0 Å². The summed E-state index contributed by atoms with van der Waals surface area (Å²) in [6, 6.07) is 0.947. The third-order valence-electron chi connectivity index (χ3n) is 2.29. The lowest BCUT2D eigenvalue weighted by molar-refractivity contribution is -0.139. The molecule has 1 atom stereocenters. The molecule has 0 spiro atoms. The van der Waals surface area contributed by atoms with Crippen molar-refractivity contribution in [2.75, 3.05) is 0 Å². The molecule has 112 valence electrons. The van der Waals surface area contributed by atoms with Gasteiger partial charge in [0.1, 0.15) is 17.7 Å². The predicted molar refractivity (Wildman–Crippen MR) is 75.6 cm³/mol. The van der Waals surface area contributed by atoms with Crippen LogP contribution in [-0.2, 0) is 9.59 Å². The van der Waals surface area contributed by atoms with Gasteiger partial charge in [0.15, 0.2) is 0 Å². The second-order valence-electron chi connectivity index (χ2n) is 6.06. The summed E-state index contributed by atoms with van der Waals surface area (Å²) in [5, 5.41) is 23.3. The van der Waals surface area contributed by atoms with Crippen LogP contribution in [0.2, 0.25) is 0 Å². The van der Waals surface area contributed by atoms with Crippen LogP contribution in [0.1, 0.15) is 41.0 Å². The van der Waals surface area contributed by atoms with Crippen molar-refractivity contribution in [1.82, 2.24) is 10.6 Å². The number of hydrogen-bond donors (Lipinski definition) is 3. The minimum Gasteiger partial charge on any atom is -0.480 e. The Morgan fingerprint density at radius 2 is 1.90 bits per heavy atom. The molecule has 1 amide bonds. The minimum absolute atomic E-state index is 0.144. The monoisotopic (exact) mass is 281 g/mol. The number of amides is 1. The van der Waals surface area contributed by atoms with E-state index in [0.29, 0.717) is 6.42 Å². The van der Waals surface area contributed by atoms with E-state index in [1.165, 1.54) is 6.20 Å². The number of carboxylic acids is 1. The highest BCUT2D eigenvalue weighted by Crippen LogP contribution is 2.06. The van der Waals surface area contributed by atoms with Gasteiger partial charge in [-0.3, -0.25) is 4.79 Å². The molecular formula is C14H23N3O3. The predicted octanol–water partition coefficient (Wildman–Crippen LogP) is 1.40. The summed E-state index contributed by atoms with van der Waals surface area (Å²) in [6.45, 7) is 9.20. The van der Waals surface area contributed by atoms with Crippen LogP contribution in [0.5, 0.6) is 0 Å². The quantitative estimate of drug-likeness (QED) is 0.504. The Bertz CT molecular complexity index is 428. The van der Waals surface area contributed by atoms with E-state index in [1.807, 2.05) is 13.8 Å². The zero-order chi connectivity index (χ0) is 15.9. The van der Waals surface area contributed by atoms with Gasteiger partial charge < -0.3 is 15.7 Å². The van der Waals surface area contributed by atoms with Gasteiger partial charge in [-0.05, 0) is 33.1 Å². The fourth-order valence-corrected chi connectivity index (χ4v) is 1.45. The molecule has 0 rings (SSSR count). The molecule has 0 radical (unpaired) electrons. The molecule has 0 bridgehead atoms. The van der Waals surface area contributed by atoms with Crippen molar-refractivity contribution >= 4 is 11.9 Å². The van der Waals surface area contributed by atoms with Crippen LogP contribution < -0.4 is 10.6 Å². The molecular weight excluding hydrogens is 258 g/mol. The molecule has 6 heteroatoms. The fourth-order valence-electron chi connectivity index (χ4n) is 1.45. The summed E-state index contributed by atoms with van der Waals surface area (Å²) in [7, 11) is 0. The van der Waals surface area contributed by atoms with Crippen LogP contribution in [0.25, 0.3) is 0 Å². The van der Waals surface area contributed by atoms with E-state index < -0.39 is 23.5 Å². The van der Waals surface area contributed by atoms with Crippen molar-refractivity contribution in [3.63, 3.8) is 0 Å². The lowest BCUT2D eigenvalue weighted by Crippen LogP contribution is -2.42. The van der Waals surface area contributed by atoms with Gasteiger partial charge in [0.25, 0.3) is 5.91 Å². The van der Waals surface area contributed by atoms with E-state index in [1.54, 1.807) is 26.8 Å². The first kappa shape index (κ1) is 18.0. The maximum absolute atomic E-state index is 11.8. The molecule has 3 N–H and O–H groups in total. The van der Waals surface area contributed by atoms with Crippen molar-refractivity contribution in [3.05, 3.63) is 11.8 Å². The smallest absolute Gasteiger partial charge is 0.326 e. The van der Waals surface area contributed by atoms with Crippen LogP contribution in [0.4, 0.5) is 0 Å². The molecule has 0 heterocycles. The number of rotatable bonds is 6. The van der Waals surface area contributed by atoms with Gasteiger partial charge in [0.2, 0.25) is 0 Å². The van der Waals surface area contributed by atoms with Crippen molar-refractivity contribution in [3.8, 4) is 6.07 Å². The molecule has 0 aliphatic rings. The van der Waals surface area contributed by atoms with E-state index in [-0.39, 0.29) is 11.5 Å². The summed E-state index contributed by atoms with van der Waals surface area (Å²) in [4.78, 5) is 22.9. The summed E-state index contributed by atoms with van der Waals surface area (Å²) >= 11 is 0. The Kier molecular flexibility index (Phi) is 6.77. The standard InChI is InChI=1S/C14H23N3O3/c1-9(2)6-11(13(19)20)16-8-10(7-15)12(18)17-14(3,4)5/h8-9,11,16H,6H2,1-5H3,(H,17,18)(H,19,20)/b10-8-. The first-order chi connectivity index (χ1) is 9.06. The Morgan fingerprint density at radius 3 is 2.25 bits per heavy atom. The molecule has 0 fully saturated rings. The normalized spacial score (nSPS) is 13.6. The third kappa shape index (κ3) is 7.41. The highest BCUT2D eigenvalue weighted by Gasteiger charge is 2.20. The Labute approximate surface area is 119 Å². The summed E-state index contributed by atoms with van der Waals surface area (Å²) < 4.78 is 0. The summed E-state index contributed by atoms with van der Waals surface area (Å²) in [5.74, 6) is -1.35. The van der Waals surface area contributed by atoms with Crippen LogP contribution in [-0.4, -0.2) is 28.6 Å². The molecule has 0 aromatic rings. The number of carbonyl (C=O) groups excluding carboxylic acids is 1. The van der Waals surface area contributed by atoms with Gasteiger partial charge >= 0.3 is 5.97 Å². The molecule has 0 aromatic heterocycles. The average molecular weight is 281 g/mol. The van der Waals surface area contributed by atoms with Crippen molar-refractivity contribution in [2.24, 2.45) is 5.92 Å². The number of nitrogens with one attached hydrogen (secondary N) is 2. The number of aliphatic carboxylic acids is 1. The Morgan fingerprint density at radius 1 is 1.35 bits per heavy atom. The van der Waals surface area contributed by atoms with E-state index in [0.717, 1.165) is 0 Å². The Balaban J connectivity index is 4.85. The molecule has 0 aromatic carbocycles. The molecule has 6 nitrogen and oxygen atoms in total. The highest BCUT2D eigenvalue weighted by atomic mass is 16.4. The van der Waals surface area contributed by atoms with Crippen molar-refractivity contribution in [2.45, 2.75) is 52.6 Å². The average Bonchev–Trinajstić information content (AvgIpc) is 2.24. The highest BCUT2D eigenvalue weighted by molar-refractivity contribution is 5.97. The molecule has 1 unspecified atom stereocenters. The van der Waals surface area contributed by atoms with E-state index in [2.05, 4.69) is 10.6 Å². The lowest BCUT2D eigenvalue weighted by Gasteiger charge is -2.20. The maximum Gasteiger partial charge on any atom is 0.326 e. The van der Waals surface area contributed by atoms with Crippen molar-refractivity contribution in [1.29, 1.82) is 5.26 Å². The molecule has 0 aliphatic carbocycles. The molecule has 0 saturated carbocycles. The van der Waals surface area contributed by atoms with E-state index in [4.69, 9.17) is 10.4 Å². The first-order valence-electron chi connectivity index (χ1n) is 6.48. The largest absolute Gasteiger partial charge is 0.480 e. The summed E-state index contributed by atoms with van der Waals surface area (Å²) in [5.41, 5.74) is -0.605. The Hall–Kier alpha value is -2.03. The number of carbonyl (C=O) groups is 2.